The topological polar surface area (TPSA) is 43.8 Å². The first-order valence-corrected chi connectivity index (χ1v) is 7.98. The fraction of sp³-hybridized carbons (Fsp3) is 0.812. The van der Waals surface area contributed by atoms with Crippen LogP contribution in [0.4, 0.5) is 0 Å². The highest BCUT2D eigenvalue weighted by Gasteiger charge is 2.07. The Morgan fingerprint density at radius 1 is 1.05 bits per heavy atom. The van der Waals surface area contributed by atoms with Gasteiger partial charge in [0.05, 0.1) is 6.20 Å². The average Bonchev–Trinajstić information content (AvgIpc) is 2.83. The van der Waals surface area contributed by atoms with Crippen LogP contribution in [0.3, 0.4) is 0 Å². The van der Waals surface area contributed by atoms with Crippen molar-refractivity contribution in [2.45, 2.75) is 77.2 Å². The minimum absolute atomic E-state index is 0.165. The van der Waals surface area contributed by atoms with E-state index in [9.17, 15) is 0 Å². The van der Waals surface area contributed by atoms with Crippen molar-refractivity contribution < 1.29 is 0 Å². The molecule has 0 aliphatic heterocycles. The van der Waals surface area contributed by atoms with Crippen molar-refractivity contribution in [2.24, 2.45) is 12.8 Å². The van der Waals surface area contributed by atoms with E-state index in [2.05, 4.69) is 12.0 Å². The number of aryl methyl sites for hydroxylation is 1. The smallest absolute Gasteiger partial charge is 0.0537 e. The first-order valence-electron chi connectivity index (χ1n) is 7.98. The molecule has 3 nitrogen and oxygen atoms in total. The molecular weight excluding hydrogens is 234 g/mol. The van der Waals surface area contributed by atoms with Crippen LogP contribution in [0.2, 0.25) is 0 Å². The molecule has 1 aromatic rings. The molecule has 3 heteroatoms. The molecule has 1 atom stereocenters. The molecule has 2 N–H and O–H groups in total. The Hall–Kier alpha value is -0.830. The first kappa shape index (κ1) is 16.2. The predicted octanol–water partition coefficient (Wildman–Crippen LogP) is 4.34. The molecule has 0 fully saturated rings. The number of nitrogens with two attached hydrogens (primary N) is 1. The maximum atomic E-state index is 6.15. The summed E-state index contributed by atoms with van der Waals surface area (Å²) in [7, 11) is 1.94. The van der Waals surface area contributed by atoms with Gasteiger partial charge in [0.1, 0.15) is 0 Å². The Kier molecular flexibility index (Phi) is 8.55. The average molecular weight is 265 g/mol. The van der Waals surface area contributed by atoms with Gasteiger partial charge in [-0.3, -0.25) is 4.68 Å². The number of hydrogen-bond acceptors (Lipinski definition) is 2. The van der Waals surface area contributed by atoms with Gasteiger partial charge >= 0.3 is 0 Å². The summed E-state index contributed by atoms with van der Waals surface area (Å²) in [5.41, 5.74) is 7.32. The predicted molar refractivity (Wildman–Crippen MR) is 82.0 cm³/mol. The fourth-order valence-corrected chi connectivity index (χ4v) is 2.47. The quantitative estimate of drug-likeness (QED) is 0.605. The van der Waals surface area contributed by atoms with Gasteiger partial charge in [0.25, 0.3) is 0 Å². The summed E-state index contributed by atoms with van der Waals surface area (Å²) in [5.74, 6) is 0. The van der Waals surface area contributed by atoms with Gasteiger partial charge in [-0.15, -0.1) is 0 Å². The number of nitrogens with zero attached hydrogens (tertiary/aromatic N) is 2. The van der Waals surface area contributed by atoms with Crippen LogP contribution >= 0.6 is 0 Å². The molecule has 0 aliphatic carbocycles. The Bertz CT molecular complexity index is 320. The van der Waals surface area contributed by atoms with Crippen LogP contribution in [-0.2, 0) is 7.05 Å². The first-order chi connectivity index (χ1) is 9.24. The summed E-state index contributed by atoms with van der Waals surface area (Å²) in [6.07, 6.45) is 17.3. The van der Waals surface area contributed by atoms with Gasteiger partial charge in [-0.1, -0.05) is 64.7 Å². The third-order valence-electron chi connectivity index (χ3n) is 3.77. The standard InChI is InChI=1S/C16H31N3/c1-3-4-5-6-7-8-9-10-11-12-16(17)15-13-18-19(2)14-15/h13-14,16H,3-12,17H2,1-2H3. The third kappa shape index (κ3) is 7.36. The summed E-state index contributed by atoms with van der Waals surface area (Å²) in [4.78, 5) is 0. The monoisotopic (exact) mass is 265 g/mol. The molecule has 0 aliphatic rings. The molecule has 0 saturated carbocycles. The van der Waals surface area contributed by atoms with E-state index >= 15 is 0 Å². The second kappa shape index (κ2) is 10.0. The Morgan fingerprint density at radius 3 is 2.16 bits per heavy atom. The van der Waals surface area contributed by atoms with Crippen LogP contribution < -0.4 is 5.73 Å². The van der Waals surface area contributed by atoms with Crippen molar-refractivity contribution in [3.8, 4) is 0 Å². The van der Waals surface area contributed by atoms with Gasteiger partial charge in [0.2, 0.25) is 0 Å². The van der Waals surface area contributed by atoms with Crippen LogP contribution in [0.15, 0.2) is 12.4 Å². The maximum absolute atomic E-state index is 6.15. The Morgan fingerprint density at radius 2 is 1.63 bits per heavy atom. The molecule has 0 aromatic carbocycles. The minimum Gasteiger partial charge on any atom is -0.324 e. The molecule has 0 bridgehead atoms. The fourth-order valence-electron chi connectivity index (χ4n) is 2.47. The van der Waals surface area contributed by atoms with Gasteiger partial charge in [0, 0.05) is 24.8 Å². The highest BCUT2D eigenvalue weighted by molar-refractivity contribution is 5.08. The van der Waals surface area contributed by atoms with Crippen molar-refractivity contribution in [2.75, 3.05) is 0 Å². The van der Waals surface area contributed by atoms with Crippen molar-refractivity contribution in [1.82, 2.24) is 9.78 Å². The van der Waals surface area contributed by atoms with Crippen LogP contribution in [-0.4, -0.2) is 9.78 Å². The lowest BCUT2D eigenvalue weighted by atomic mass is 10.0. The number of hydrogen-bond donors (Lipinski definition) is 1. The molecule has 110 valence electrons. The van der Waals surface area contributed by atoms with Crippen LogP contribution in [0.25, 0.3) is 0 Å². The summed E-state index contributed by atoms with van der Waals surface area (Å²) in [5, 5.41) is 4.17. The normalized spacial score (nSPS) is 12.8. The molecule has 1 rings (SSSR count). The summed E-state index contributed by atoms with van der Waals surface area (Å²) in [6, 6.07) is 0.165. The zero-order valence-corrected chi connectivity index (χ0v) is 12.8. The van der Waals surface area contributed by atoms with E-state index < -0.39 is 0 Å². The second-order valence-electron chi connectivity index (χ2n) is 5.67. The summed E-state index contributed by atoms with van der Waals surface area (Å²) >= 11 is 0. The van der Waals surface area contributed by atoms with Crippen molar-refractivity contribution in [1.29, 1.82) is 0 Å². The van der Waals surface area contributed by atoms with E-state index in [1.807, 2.05) is 24.1 Å². The Labute approximate surface area is 118 Å². The number of unbranched alkanes of at least 4 members (excludes halogenated alkanes) is 8. The van der Waals surface area contributed by atoms with Crippen LogP contribution in [0.1, 0.15) is 82.7 Å². The van der Waals surface area contributed by atoms with Crippen molar-refractivity contribution >= 4 is 0 Å². The van der Waals surface area contributed by atoms with E-state index in [1.165, 1.54) is 63.4 Å². The zero-order valence-electron chi connectivity index (χ0n) is 12.8. The molecule has 0 saturated heterocycles. The van der Waals surface area contributed by atoms with Gasteiger partial charge < -0.3 is 5.73 Å². The van der Waals surface area contributed by atoms with E-state index in [1.54, 1.807) is 0 Å². The van der Waals surface area contributed by atoms with Gasteiger partial charge in [-0.2, -0.15) is 5.10 Å². The lowest BCUT2D eigenvalue weighted by molar-refractivity contribution is 0.532. The van der Waals surface area contributed by atoms with E-state index in [-0.39, 0.29) is 6.04 Å². The van der Waals surface area contributed by atoms with Crippen molar-refractivity contribution in [3.05, 3.63) is 18.0 Å². The molecule has 0 amide bonds. The SMILES string of the molecule is CCCCCCCCCCCC(N)c1cnn(C)c1. The lowest BCUT2D eigenvalue weighted by Gasteiger charge is -2.08. The van der Waals surface area contributed by atoms with Crippen LogP contribution in [0, 0.1) is 0 Å². The highest BCUT2D eigenvalue weighted by atomic mass is 15.2. The van der Waals surface area contributed by atoms with E-state index in [4.69, 9.17) is 5.73 Å². The number of rotatable bonds is 11. The second-order valence-corrected chi connectivity index (χ2v) is 5.67. The van der Waals surface area contributed by atoms with Crippen molar-refractivity contribution in [3.63, 3.8) is 0 Å². The summed E-state index contributed by atoms with van der Waals surface area (Å²) in [6.45, 7) is 2.27. The molecule has 19 heavy (non-hydrogen) atoms. The molecule has 1 aromatic heterocycles. The number of aromatic nitrogens is 2. The summed E-state index contributed by atoms with van der Waals surface area (Å²) < 4.78 is 1.82. The lowest BCUT2D eigenvalue weighted by Crippen LogP contribution is -2.09. The van der Waals surface area contributed by atoms with Gasteiger partial charge in [-0.05, 0) is 6.42 Å². The molecule has 0 radical (unpaired) electrons. The Balaban J connectivity index is 1.93. The molecular formula is C16H31N3. The minimum atomic E-state index is 0.165. The molecule has 1 heterocycles. The van der Waals surface area contributed by atoms with Crippen LogP contribution in [0.5, 0.6) is 0 Å². The molecule has 0 spiro atoms. The highest BCUT2D eigenvalue weighted by Crippen LogP contribution is 2.17. The van der Waals surface area contributed by atoms with Gasteiger partial charge in [0.15, 0.2) is 0 Å². The largest absolute Gasteiger partial charge is 0.324 e. The zero-order chi connectivity index (χ0) is 13.9. The maximum Gasteiger partial charge on any atom is 0.0537 e. The van der Waals surface area contributed by atoms with E-state index in [0.717, 1.165) is 6.42 Å². The third-order valence-corrected chi connectivity index (χ3v) is 3.77. The molecule has 1 unspecified atom stereocenters. The van der Waals surface area contributed by atoms with E-state index in [0.29, 0.717) is 0 Å². The van der Waals surface area contributed by atoms with Gasteiger partial charge in [-0.25, -0.2) is 0 Å².